The van der Waals surface area contributed by atoms with Gasteiger partial charge in [0.2, 0.25) is 0 Å². The molecule has 0 fully saturated rings. The minimum absolute atomic E-state index is 0.0766. The summed E-state index contributed by atoms with van der Waals surface area (Å²) in [6.07, 6.45) is 3.08. The molecule has 0 bridgehead atoms. The van der Waals surface area contributed by atoms with Crippen LogP contribution in [0.4, 0.5) is 0 Å². The van der Waals surface area contributed by atoms with Crippen LogP contribution in [-0.2, 0) is 0 Å². The molecule has 0 spiro atoms. The highest BCUT2D eigenvalue weighted by Gasteiger charge is 2.23. The third-order valence-corrected chi connectivity index (χ3v) is 4.87. The minimum atomic E-state index is -0.344. The molecule has 0 N–H and O–H groups in total. The van der Waals surface area contributed by atoms with Gasteiger partial charge in [0.1, 0.15) is 11.2 Å². The minimum Gasteiger partial charge on any atom is -0.335 e. The Labute approximate surface area is 152 Å². The maximum atomic E-state index is 13.0. The van der Waals surface area contributed by atoms with Gasteiger partial charge in [-0.15, -0.1) is 0 Å². The summed E-state index contributed by atoms with van der Waals surface area (Å²) in [5.74, 6) is -0.327. The van der Waals surface area contributed by atoms with E-state index in [1.165, 1.54) is 10.6 Å². The summed E-state index contributed by atoms with van der Waals surface area (Å²) in [4.78, 5) is 31.6. The summed E-state index contributed by atoms with van der Waals surface area (Å²) >= 11 is 0. The van der Waals surface area contributed by atoms with E-state index in [9.17, 15) is 9.59 Å². The molecule has 5 nitrogen and oxygen atoms in total. The molecule has 2 aromatic heterocycles. The lowest BCUT2D eigenvalue weighted by molar-refractivity contribution is 0.0740. The first-order valence-electron chi connectivity index (χ1n) is 8.62. The molecule has 1 amide bonds. The number of carbonyl (C=O) groups is 1. The van der Waals surface area contributed by atoms with Crippen LogP contribution < -0.4 is 5.56 Å². The lowest BCUT2D eigenvalue weighted by Crippen LogP contribution is -2.35. The van der Waals surface area contributed by atoms with Gasteiger partial charge in [-0.1, -0.05) is 29.8 Å². The van der Waals surface area contributed by atoms with Crippen molar-refractivity contribution in [2.45, 2.75) is 33.7 Å². The summed E-state index contributed by atoms with van der Waals surface area (Å²) in [6.45, 7) is 7.92. The summed E-state index contributed by atoms with van der Waals surface area (Å²) in [5, 5.41) is 0. The largest absolute Gasteiger partial charge is 0.335 e. The van der Waals surface area contributed by atoms with Crippen molar-refractivity contribution in [1.82, 2.24) is 14.3 Å². The SMILES string of the molecule is Cc1ccc(C)c(C(C)N(C)C(=O)c2cnc3ccc(C)cn3c2=O)c1. The number of fused-ring (bicyclic) bond motifs is 1. The van der Waals surface area contributed by atoms with Crippen LogP contribution in [0.1, 0.15) is 45.6 Å². The number of carbonyl (C=O) groups excluding carboxylic acids is 1. The molecule has 1 aromatic carbocycles. The Kier molecular flexibility index (Phi) is 4.64. The zero-order valence-electron chi connectivity index (χ0n) is 15.8. The van der Waals surface area contributed by atoms with Gasteiger partial charge in [0.15, 0.2) is 0 Å². The number of hydrogen-bond donors (Lipinski definition) is 0. The van der Waals surface area contributed by atoms with E-state index in [4.69, 9.17) is 0 Å². The van der Waals surface area contributed by atoms with Crippen molar-refractivity contribution >= 4 is 11.6 Å². The second-order valence-corrected chi connectivity index (χ2v) is 6.86. The first-order valence-corrected chi connectivity index (χ1v) is 8.62. The molecule has 5 heteroatoms. The predicted octanol–water partition coefficient (Wildman–Crippen LogP) is 3.45. The van der Waals surface area contributed by atoms with Gasteiger partial charge in [-0.2, -0.15) is 0 Å². The Morgan fingerprint density at radius 3 is 2.54 bits per heavy atom. The lowest BCUT2D eigenvalue weighted by atomic mass is 9.99. The third-order valence-electron chi connectivity index (χ3n) is 4.87. The Bertz CT molecular complexity index is 1050. The normalized spacial score (nSPS) is 12.2. The van der Waals surface area contributed by atoms with Gasteiger partial charge in [0.25, 0.3) is 11.5 Å². The van der Waals surface area contributed by atoms with Gasteiger partial charge in [0.05, 0.1) is 6.04 Å². The Morgan fingerprint density at radius 1 is 1.12 bits per heavy atom. The highest BCUT2D eigenvalue weighted by atomic mass is 16.2. The topological polar surface area (TPSA) is 54.7 Å². The molecule has 0 aliphatic heterocycles. The Balaban J connectivity index is 2.01. The number of amides is 1. The first kappa shape index (κ1) is 17.9. The fourth-order valence-corrected chi connectivity index (χ4v) is 3.11. The Hall–Kier alpha value is -2.95. The number of benzene rings is 1. The quantitative estimate of drug-likeness (QED) is 0.728. The molecule has 1 atom stereocenters. The molecule has 0 radical (unpaired) electrons. The molecular formula is C21H23N3O2. The maximum absolute atomic E-state index is 13.0. The molecule has 0 saturated heterocycles. The molecule has 2 heterocycles. The number of nitrogens with zero attached hydrogens (tertiary/aromatic N) is 3. The highest BCUT2D eigenvalue weighted by Crippen LogP contribution is 2.24. The molecule has 0 aliphatic carbocycles. The number of pyridine rings is 1. The van der Waals surface area contributed by atoms with Gasteiger partial charge in [-0.05, 0) is 50.5 Å². The summed E-state index contributed by atoms with van der Waals surface area (Å²) < 4.78 is 1.43. The van der Waals surface area contributed by atoms with Crippen molar-refractivity contribution in [3.63, 3.8) is 0 Å². The highest BCUT2D eigenvalue weighted by molar-refractivity contribution is 5.93. The fraction of sp³-hybridized carbons (Fsp3) is 0.286. The monoisotopic (exact) mass is 349 g/mol. The average molecular weight is 349 g/mol. The second kappa shape index (κ2) is 6.75. The predicted molar refractivity (Wildman–Crippen MR) is 103 cm³/mol. The first-order chi connectivity index (χ1) is 12.3. The maximum Gasteiger partial charge on any atom is 0.270 e. The second-order valence-electron chi connectivity index (χ2n) is 6.86. The van der Waals surface area contributed by atoms with Crippen molar-refractivity contribution in [1.29, 1.82) is 0 Å². The number of rotatable bonds is 3. The molecule has 0 saturated carbocycles. The standard InChI is InChI=1S/C21H23N3O2/c1-13-6-8-15(3)17(10-13)16(4)23(5)20(25)18-11-22-19-9-7-14(2)12-24(19)21(18)26/h6-12,16H,1-5H3. The molecule has 134 valence electrons. The number of aryl methyl sites for hydroxylation is 3. The van der Waals surface area contributed by atoms with Crippen LogP contribution in [0.15, 0.2) is 47.5 Å². The van der Waals surface area contributed by atoms with Gasteiger partial charge in [0, 0.05) is 19.4 Å². The van der Waals surface area contributed by atoms with Crippen molar-refractivity contribution in [2.24, 2.45) is 0 Å². The van der Waals surface area contributed by atoms with E-state index in [-0.39, 0.29) is 23.1 Å². The molecule has 26 heavy (non-hydrogen) atoms. The zero-order valence-corrected chi connectivity index (χ0v) is 15.8. The van der Waals surface area contributed by atoms with E-state index in [2.05, 4.69) is 23.2 Å². The van der Waals surface area contributed by atoms with Crippen molar-refractivity contribution in [3.05, 3.63) is 80.9 Å². The van der Waals surface area contributed by atoms with E-state index < -0.39 is 0 Å². The molecule has 3 aromatic rings. The lowest BCUT2D eigenvalue weighted by Gasteiger charge is -2.26. The van der Waals surface area contributed by atoms with Gasteiger partial charge >= 0.3 is 0 Å². The average Bonchev–Trinajstić information content (AvgIpc) is 2.62. The molecule has 1 unspecified atom stereocenters. The molecule has 0 aliphatic rings. The number of aromatic nitrogens is 2. The smallest absolute Gasteiger partial charge is 0.270 e. The van der Waals surface area contributed by atoms with Crippen LogP contribution in [0.2, 0.25) is 0 Å². The van der Waals surface area contributed by atoms with Gasteiger partial charge in [-0.25, -0.2) is 4.98 Å². The van der Waals surface area contributed by atoms with Crippen molar-refractivity contribution < 1.29 is 4.79 Å². The van der Waals surface area contributed by atoms with Gasteiger partial charge < -0.3 is 4.90 Å². The van der Waals surface area contributed by atoms with Crippen LogP contribution in [0.3, 0.4) is 0 Å². The van der Waals surface area contributed by atoms with E-state index in [0.29, 0.717) is 5.65 Å². The summed E-state index contributed by atoms with van der Waals surface area (Å²) in [7, 11) is 1.72. The van der Waals surface area contributed by atoms with Crippen LogP contribution in [-0.4, -0.2) is 27.2 Å². The van der Waals surface area contributed by atoms with Crippen LogP contribution in [0, 0.1) is 20.8 Å². The van der Waals surface area contributed by atoms with E-state index in [0.717, 1.165) is 22.3 Å². The van der Waals surface area contributed by atoms with Crippen LogP contribution in [0.25, 0.3) is 5.65 Å². The summed E-state index contributed by atoms with van der Waals surface area (Å²) in [6, 6.07) is 9.69. The van der Waals surface area contributed by atoms with E-state index >= 15 is 0 Å². The van der Waals surface area contributed by atoms with Crippen molar-refractivity contribution in [2.75, 3.05) is 7.05 Å². The number of hydrogen-bond acceptors (Lipinski definition) is 3. The Morgan fingerprint density at radius 2 is 1.81 bits per heavy atom. The van der Waals surface area contributed by atoms with Gasteiger partial charge in [-0.3, -0.25) is 14.0 Å². The molecular weight excluding hydrogens is 326 g/mol. The van der Waals surface area contributed by atoms with E-state index in [1.54, 1.807) is 24.2 Å². The van der Waals surface area contributed by atoms with Crippen LogP contribution in [0.5, 0.6) is 0 Å². The van der Waals surface area contributed by atoms with Crippen molar-refractivity contribution in [3.8, 4) is 0 Å². The van der Waals surface area contributed by atoms with E-state index in [1.807, 2.05) is 33.8 Å². The molecule has 3 rings (SSSR count). The van der Waals surface area contributed by atoms with Crippen LogP contribution >= 0.6 is 0 Å². The fourth-order valence-electron chi connectivity index (χ4n) is 3.11. The zero-order chi connectivity index (χ0) is 19.0. The summed E-state index contributed by atoms with van der Waals surface area (Å²) in [5.41, 5.74) is 4.53. The third kappa shape index (κ3) is 3.12.